The first-order valence-electron chi connectivity index (χ1n) is 6.11. The van der Waals surface area contributed by atoms with Gasteiger partial charge in [0.25, 0.3) is 0 Å². The lowest BCUT2D eigenvalue weighted by molar-refractivity contribution is -0.154. The first kappa shape index (κ1) is 15.7. The zero-order valence-corrected chi connectivity index (χ0v) is 10.9. The highest BCUT2D eigenvalue weighted by atomic mass is 16.7. The van der Waals surface area contributed by atoms with Gasteiger partial charge < -0.3 is 14.2 Å². The van der Waals surface area contributed by atoms with Crippen molar-refractivity contribution in [2.45, 2.75) is 52.6 Å². The number of hydrogen-bond donors (Lipinski definition) is 0. The van der Waals surface area contributed by atoms with E-state index >= 15 is 0 Å². The summed E-state index contributed by atoms with van der Waals surface area (Å²) >= 11 is 0. The molecule has 0 saturated heterocycles. The summed E-state index contributed by atoms with van der Waals surface area (Å²) in [6.07, 6.45) is 1.73. The Balaban J connectivity index is 3.71. The van der Waals surface area contributed by atoms with E-state index in [1.807, 2.05) is 13.8 Å². The average Bonchev–Trinajstić information content (AvgIpc) is 2.29. The zero-order chi connectivity index (χ0) is 13.1. The number of unbranched alkanes of at least 4 members (excludes halogenated alkanes) is 2. The third-order valence-corrected chi connectivity index (χ3v) is 2.06. The van der Waals surface area contributed by atoms with Gasteiger partial charge in [-0.25, -0.2) is 9.59 Å². The van der Waals surface area contributed by atoms with E-state index in [1.165, 1.54) is 6.92 Å². The van der Waals surface area contributed by atoms with Crippen LogP contribution in [0.15, 0.2) is 0 Å². The van der Waals surface area contributed by atoms with Crippen molar-refractivity contribution in [1.29, 1.82) is 0 Å². The lowest BCUT2D eigenvalue weighted by atomic mass is 10.3. The molecule has 5 heteroatoms. The van der Waals surface area contributed by atoms with Crippen molar-refractivity contribution in [1.82, 2.24) is 0 Å². The minimum Gasteiger partial charge on any atom is -0.463 e. The molecule has 0 aromatic carbocycles. The quantitative estimate of drug-likeness (QED) is 0.486. The maximum absolute atomic E-state index is 11.3. The molecule has 0 spiro atoms. The van der Waals surface area contributed by atoms with Gasteiger partial charge in [-0.15, -0.1) is 0 Å². The van der Waals surface area contributed by atoms with Crippen molar-refractivity contribution in [2.24, 2.45) is 0 Å². The highest BCUT2D eigenvalue weighted by Crippen LogP contribution is 2.00. The number of rotatable bonds is 8. The number of esters is 1. The molecule has 100 valence electrons. The van der Waals surface area contributed by atoms with Crippen LogP contribution in [-0.4, -0.2) is 31.4 Å². The molecule has 0 bridgehead atoms. The van der Waals surface area contributed by atoms with Gasteiger partial charge in [0.1, 0.15) is 0 Å². The molecular weight excluding hydrogens is 224 g/mol. The van der Waals surface area contributed by atoms with Crippen LogP contribution in [0.5, 0.6) is 0 Å². The second kappa shape index (κ2) is 9.93. The monoisotopic (exact) mass is 246 g/mol. The van der Waals surface area contributed by atoms with Crippen LogP contribution in [0.25, 0.3) is 0 Å². The van der Waals surface area contributed by atoms with Crippen LogP contribution in [-0.2, 0) is 19.0 Å². The molecule has 0 fully saturated rings. The third kappa shape index (κ3) is 8.54. The zero-order valence-electron chi connectivity index (χ0n) is 10.9. The van der Waals surface area contributed by atoms with E-state index in [1.54, 1.807) is 0 Å². The molecule has 0 N–H and O–H groups in total. The molecule has 0 aliphatic carbocycles. The summed E-state index contributed by atoms with van der Waals surface area (Å²) in [6.45, 7) is 6.12. The Kier molecular flexibility index (Phi) is 9.19. The maximum atomic E-state index is 11.3. The highest BCUT2D eigenvalue weighted by molar-refractivity contribution is 5.76. The smallest absolute Gasteiger partial charge is 0.463 e. The second-order valence-electron chi connectivity index (χ2n) is 3.73. The fourth-order valence-corrected chi connectivity index (χ4v) is 0.961. The average molecular weight is 246 g/mol. The SMILES string of the molecule is CCCCOC(=O)O[C@@H](C)C(=O)OCCCC. The molecular formula is C12H22O5. The Bertz CT molecular complexity index is 227. The van der Waals surface area contributed by atoms with E-state index in [4.69, 9.17) is 14.2 Å². The topological polar surface area (TPSA) is 61.8 Å². The van der Waals surface area contributed by atoms with Crippen molar-refractivity contribution in [3.8, 4) is 0 Å². The molecule has 0 saturated carbocycles. The van der Waals surface area contributed by atoms with Gasteiger partial charge in [-0.3, -0.25) is 0 Å². The number of carbonyl (C=O) groups is 2. The van der Waals surface area contributed by atoms with E-state index in [-0.39, 0.29) is 0 Å². The normalized spacial score (nSPS) is 11.7. The number of carbonyl (C=O) groups excluding carboxylic acids is 2. The molecule has 1 atom stereocenters. The first-order valence-corrected chi connectivity index (χ1v) is 6.11. The van der Waals surface area contributed by atoms with Gasteiger partial charge in [0.15, 0.2) is 6.10 Å². The Morgan fingerprint density at radius 2 is 1.53 bits per heavy atom. The van der Waals surface area contributed by atoms with Crippen LogP contribution >= 0.6 is 0 Å². The molecule has 0 aliphatic rings. The number of hydrogen-bond acceptors (Lipinski definition) is 5. The lowest BCUT2D eigenvalue weighted by Crippen LogP contribution is -2.27. The Labute approximate surface area is 102 Å². The molecule has 0 rings (SSSR count). The van der Waals surface area contributed by atoms with Crippen LogP contribution < -0.4 is 0 Å². The van der Waals surface area contributed by atoms with Gasteiger partial charge in [-0.1, -0.05) is 26.7 Å². The summed E-state index contributed by atoms with van der Waals surface area (Å²) in [5.41, 5.74) is 0. The summed E-state index contributed by atoms with van der Waals surface area (Å²) in [4.78, 5) is 22.4. The summed E-state index contributed by atoms with van der Waals surface area (Å²) in [5.74, 6) is -0.536. The fourth-order valence-electron chi connectivity index (χ4n) is 0.961. The minimum atomic E-state index is -0.916. The van der Waals surface area contributed by atoms with Crippen molar-refractivity contribution >= 4 is 12.1 Å². The Morgan fingerprint density at radius 1 is 1.00 bits per heavy atom. The molecule has 0 heterocycles. The summed E-state index contributed by atoms with van der Waals surface area (Å²) in [5, 5.41) is 0. The predicted molar refractivity (Wildman–Crippen MR) is 62.7 cm³/mol. The van der Waals surface area contributed by atoms with Gasteiger partial charge in [0, 0.05) is 0 Å². The van der Waals surface area contributed by atoms with Crippen LogP contribution in [0, 0.1) is 0 Å². The standard InChI is InChI=1S/C12H22O5/c1-4-6-8-15-11(13)10(3)17-12(14)16-9-7-5-2/h10H,4-9H2,1-3H3/t10-/m0/s1. The van der Waals surface area contributed by atoms with Crippen LogP contribution in [0.1, 0.15) is 46.5 Å². The maximum Gasteiger partial charge on any atom is 0.509 e. The molecule has 5 nitrogen and oxygen atoms in total. The lowest BCUT2D eigenvalue weighted by Gasteiger charge is -2.12. The van der Waals surface area contributed by atoms with Crippen LogP contribution in [0.3, 0.4) is 0 Å². The largest absolute Gasteiger partial charge is 0.509 e. The van der Waals surface area contributed by atoms with Gasteiger partial charge in [-0.2, -0.15) is 0 Å². The van der Waals surface area contributed by atoms with Gasteiger partial charge in [0.2, 0.25) is 0 Å². The fraction of sp³-hybridized carbons (Fsp3) is 0.833. The molecule has 0 aromatic heterocycles. The summed E-state index contributed by atoms with van der Waals surface area (Å²) < 4.78 is 14.4. The molecule has 0 aliphatic heterocycles. The van der Waals surface area contributed by atoms with E-state index in [0.29, 0.717) is 13.2 Å². The van der Waals surface area contributed by atoms with Crippen molar-refractivity contribution in [3.05, 3.63) is 0 Å². The van der Waals surface area contributed by atoms with Crippen LogP contribution in [0.4, 0.5) is 4.79 Å². The molecule has 0 unspecified atom stereocenters. The first-order chi connectivity index (χ1) is 8.11. The summed E-state index contributed by atoms with van der Waals surface area (Å²) in [6, 6.07) is 0. The second-order valence-corrected chi connectivity index (χ2v) is 3.73. The van der Waals surface area contributed by atoms with E-state index in [0.717, 1.165) is 25.7 Å². The Hall–Kier alpha value is -1.26. The van der Waals surface area contributed by atoms with Gasteiger partial charge in [-0.05, 0) is 19.8 Å². The van der Waals surface area contributed by atoms with Crippen molar-refractivity contribution in [3.63, 3.8) is 0 Å². The van der Waals surface area contributed by atoms with E-state index < -0.39 is 18.2 Å². The van der Waals surface area contributed by atoms with E-state index in [9.17, 15) is 9.59 Å². The molecule has 0 amide bonds. The highest BCUT2D eigenvalue weighted by Gasteiger charge is 2.19. The molecule has 17 heavy (non-hydrogen) atoms. The third-order valence-electron chi connectivity index (χ3n) is 2.06. The summed E-state index contributed by atoms with van der Waals surface area (Å²) in [7, 11) is 0. The number of ether oxygens (including phenoxy) is 3. The van der Waals surface area contributed by atoms with Crippen molar-refractivity contribution < 1.29 is 23.8 Å². The predicted octanol–water partition coefficient (Wildman–Crippen LogP) is 2.67. The van der Waals surface area contributed by atoms with E-state index in [2.05, 4.69) is 0 Å². The minimum absolute atomic E-state index is 0.312. The van der Waals surface area contributed by atoms with Gasteiger partial charge >= 0.3 is 12.1 Å². The molecule has 0 aromatic rings. The van der Waals surface area contributed by atoms with Crippen molar-refractivity contribution in [2.75, 3.05) is 13.2 Å². The van der Waals surface area contributed by atoms with Gasteiger partial charge in [0.05, 0.1) is 13.2 Å². The molecule has 0 radical (unpaired) electrons. The Morgan fingerprint density at radius 3 is 2.06 bits per heavy atom. The van der Waals surface area contributed by atoms with Crippen LogP contribution in [0.2, 0.25) is 0 Å².